The number of hydrogen-bond acceptors (Lipinski definition) is 3. The van der Waals surface area contributed by atoms with Gasteiger partial charge in [0.2, 0.25) is 0 Å². The molecule has 1 aliphatic rings. The van der Waals surface area contributed by atoms with Crippen LogP contribution in [0.5, 0.6) is 0 Å². The molecule has 0 spiro atoms. The van der Waals surface area contributed by atoms with Crippen LogP contribution in [0.1, 0.15) is 54.8 Å². The quantitative estimate of drug-likeness (QED) is 0.931. The Morgan fingerprint density at radius 2 is 2.11 bits per heavy atom. The molecule has 1 aromatic rings. The minimum Gasteiger partial charge on any atom is -0.476 e. The number of carbonyl (C=O) groups is 1. The summed E-state index contributed by atoms with van der Waals surface area (Å²) in [4.78, 5) is 11.2. The van der Waals surface area contributed by atoms with Crippen LogP contribution in [0.25, 0.3) is 0 Å². The zero-order valence-corrected chi connectivity index (χ0v) is 12.1. The molecule has 1 fully saturated rings. The number of aromatic nitrogens is 2. The zero-order chi connectivity index (χ0) is 13.3. The highest BCUT2D eigenvalue weighted by molar-refractivity contribution is 9.10. The van der Waals surface area contributed by atoms with Crippen LogP contribution < -0.4 is 0 Å². The molecule has 0 bridgehead atoms. The Morgan fingerprint density at radius 3 is 2.61 bits per heavy atom. The molecule has 1 N–H and O–H groups in total. The lowest BCUT2D eigenvalue weighted by molar-refractivity contribution is 0.0688. The van der Waals surface area contributed by atoms with Crippen LogP contribution in [-0.2, 0) is 4.74 Å². The van der Waals surface area contributed by atoms with Gasteiger partial charge in [0.25, 0.3) is 0 Å². The predicted octanol–water partition coefficient (Wildman–Crippen LogP) is 2.82. The highest BCUT2D eigenvalue weighted by Crippen LogP contribution is 2.35. The van der Waals surface area contributed by atoms with E-state index in [0.717, 1.165) is 31.7 Å². The molecule has 0 atom stereocenters. The average Bonchev–Trinajstić information content (AvgIpc) is 2.68. The maximum Gasteiger partial charge on any atom is 0.357 e. The van der Waals surface area contributed by atoms with E-state index in [1.165, 1.54) is 0 Å². The molecule has 1 aromatic heterocycles. The number of halogens is 1. The topological polar surface area (TPSA) is 64.4 Å². The standard InChI is InChI=1S/C12H17BrN2O3/c1-7(2)15-11(8-3-5-18-6-4-8)9(13)10(14-15)12(16)17/h7-8H,3-6H2,1-2H3,(H,16,17). The minimum atomic E-state index is -0.991. The third-order valence-electron chi connectivity index (χ3n) is 3.19. The van der Waals surface area contributed by atoms with Gasteiger partial charge in [-0.05, 0) is 42.6 Å². The molecule has 0 radical (unpaired) electrons. The van der Waals surface area contributed by atoms with Crippen LogP contribution in [0.3, 0.4) is 0 Å². The Balaban J connectivity index is 2.45. The van der Waals surface area contributed by atoms with Gasteiger partial charge in [-0.15, -0.1) is 0 Å². The lowest BCUT2D eigenvalue weighted by Crippen LogP contribution is -2.19. The Kier molecular flexibility index (Phi) is 4.07. The first-order valence-electron chi connectivity index (χ1n) is 6.11. The second-order valence-corrected chi connectivity index (χ2v) is 5.57. The van der Waals surface area contributed by atoms with Crippen molar-refractivity contribution in [2.24, 2.45) is 0 Å². The summed E-state index contributed by atoms with van der Waals surface area (Å²) in [6, 6.07) is 0.146. The van der Waals surface area contributed by atoms with Gasteiger partial charge in [0.15, 0.2) is 5.69 Å². The Labute approximate surface area is 114 Å². The van der Waals surface area contributed by atoms with Crippen LogP contribution in [0.4, 0.5) is 0 Å². The number of rotatable bonds is 3. The van der Waals surface area contributed by atoms with Crippen molar-refractivity contribution in [3.05, 3.63) is 15.9 Å². The normalized spacial score (nSPS) is 17.3. The molecule has 6 heteroatoms. The molecule has 2 rings (SSSR count). The van der Waals surface area contributed by atoms with E-state index in [-0.39, 0.29) is 11.7 Å². The van der Waals surface area contributed by atoms with Crippen molar-refractivity contribution in [1.29, 1.82) is 0 Å². The molecule has 0 aromatic carbocycles. The van der Waals surface area contributed by atoms with Gasteiger partial charge < -0.3 is 9.84 Å². The maximum absolute atomic E-state index is 11.2. The molecule has 0 saturated carbocycles. The van der Waals surface area contributed by atoms with Crippen LogP contribution in [0.2, 0.25) is 0 Å². The summed E-state index contributed by atoms with van der Waals surface area (Å²) in [6.45, 7) is 5.47. The van der Waals surface area contributed by atoms with Crippen molar-refractivity contribution in [2.45, 2.75) is 38.6 Å². The number of ether oxygens (including phenoxy) is 1. The first kappa shape index (κ1) is 13.5. The highest BCUT2D eigenvalue weighted by Gasteiger charge is 2.28. The third-order valence-corrected chi connectivity index (χ3v) is 3.97. The van der Waals surface area contributed by atoms with Crippen molar-refractivity contribution in [1.82, 2.24) is 9.78 Å². The van der Waals surface area contributed by atoms with E-state index in [0.29, 0.717) is 10.4 Å². The SMILES string of the molecule is CC(C)n1nc(C(=O)O)c(Br)c1C1CCOCC1. The minimum absolute atomic E-state index is 0.102. The van der Waals surface area contributed by atoms with E-state index in [1.807, 2.05) is 18.5 Å². The monoisotopic (exact) mass is 316 g/mol. The fourth-order valence-corrected chi connectivity index (χ4v) is 3.05. The summed E-state index contributed by atoms with van der Waals surface area (Å²) >= 11 is 3.40. The Hall–Kier alpha value is -0.880. The molecular formula is C12H17BrN2O3. The third kappa shape index (κ3) is 2.44. The summed E-state index contributed by atoms with van der Waals surface area (Å²) in [5, 5.41) is 13.4. The van der Waals surface area contributed by atoms with E-state index in [4.69, 9.17) is 9.84 Å². The Morgan fingerprint density at radius 1 is 1.50 bits per heavy atom. The molecule has 1 saturated heterocycles. The van der Waals surface area contributed by atoms with Crippen molar-refractivity contribution < 1.29 is 14.6 Å². The molecule has 100 valence electrons. The predicted molar refractivity (Wildman–Crippen MR) is 70.1 cm³/mol. The number of aromatic carboxylic acids is 1. The van der Waals surface area contributed by atoms with Gasteiger partial charge in [0.1, 0.15) is 0 Å². The van der Waals surface area contributed by atoms with E-state index < -0.39 is 5.97 Å². The summed E-state index contributed by atoms with van der Waals surface area (Å²) in [5.41, 5.74) is 1.09. The van der Waals surface area contributed by atoms with Crippen molar-refractivity contribution in [3.8, 4) is 0 Å². The van der Waals surface area contributed by atoms with Crippen LogP contribution >= 0.6 is 15.9 Å². The van der Waals surface area contributed by atoms with Gasteiger partial charge in [-0.1, -0.05) is 0 Å². The largest absolute Gasteiger partial charge is 0.476 e. The second-order valence-electron chi connectivity index (χ2n) is 4.78. The van der Waals surface area contributed by atoms with Crippen LogP contribution in [0, 0.1) is 0 Å². The fourth-order valence-electron chi connectivity index (χ4n) is 2.29. The zero-order valence-electron chi connectivity index (χ0n) is 10.5. The summed E-state index contributed by atoms with van der Waals surface area (Å²) in [5.74, 6) is -0.675. The Bertz CT molecular complexity index is 450. The van der Waals surface area contributed by atoms with E-state index in [1.54, 1.807) is 0 Å². The molecule has 1 aliphatic heterocycles. The highest BCUT2D eigenvalue weighted by atomic mass is 79.9. The number of nitrogens with zero attached hydrogens (tertiary/aromatic N) is 2. The lowest BCUT2D eigenvalue weighted by Gasteiger charge is -2.24. The molecule has 0 aliphatic carbocycles. The smallest absolute Gasteiger partial charge is 0.357 e. The lowest BCUT2D eigenvalue weighted by atomic mass is 9.96. The second kappa shape index (κ2) is 5.40. The van der Waals surface area contributed by atoms with Gasteiger partial charge >= 0.3 is 5.97 Å². The molecule has 18 heavy (non-hydrogen) atoms. The van der Waals surface area contributed by atoms with E-state index in [2.05, 4.69) is 21.0 Å². The van der Waals surface area contributed by atoms with Gasteiger partial charge in [-0.2, -0.15) is 5.10 Å². The maximum atomic E-state index is 11.2. The van der Waals surface area contributed by atoms with Gasteiger partial charge in [0, 0.05) is 25.2 Å². The average molecular weight is 317 g/mol. The first-order valence-corrected chi connectivity index (χ1v) is 6.90. The summed E-state index contributed by atoms with van der Waals surface area (Å²) in [6.07, 6.45) is 1.83. The molecule has 5 nitrogen and oxygen atoms in total. The number of hydrogen-bond donors (Lipinski definition) is 1. The fraction of sp³-hybridized carbons (Fsp3) is 0.667. The number of carboxylic acid groups (broad SMARTS) is 1. The van der Waals surface area contributed by atoms with Crippen LogP contribution in [-0.4, -0.2) is 34.1 Å². The molecule has 0 amide bonds. The van der Waals surface area contributed by atoms with Gasteiger partial charge in [-0.25, -0.2) is 4.79 Å². The van der Waals surface area contributed by atoms with E-state index >= 15 is 0 Å². The number of carboxylic acids is 1. The first-order chi connectivity index (χ1) is 8.52. The van der Waals surface area contributed by atoms with E-state index in [9.17, 15) is 4.79 Å². The molecule has 2 heterocycles. The van der Waals surface area contributed by atoms with Crippen molar-refractivity contribution in [3.63, 3.8) is 0 Å². The summed E-state index contributed by atoms with van der Waals surface area (Å²) in [7, 11) is 0. The molecule has 0 unspecified atom stereocenters. The van der Waals surface area contributed by atoms with Crippen LogP contribution in [0.15, 0.2) is 4.47 Å². The van der Waals surface area contributed by atoms with Crippen molar-refractivity contribution in [2.75, 3.05) is 13.2 Å². The van der Waals surface area contributed by atoms with Gasteiger partial charge in [-0.3, -0.25) is 4.68 Å². The summed E-state index contributed by atoms with van der Waals surface area (Å²) < 4.78 is 7.80. The van der Waals surface area contributed by atoms with Gasteiger partial charge in [0.05, 0.1) is 10.2 Å². The molecular weight excluding hydrogens is 300 g/mol. The van der Waals surface area contributed by atoms with Crippen molar-refractivity contribution >= 4 is 21.9 Å².